The normalized spacial score (nSPS) is 27.7. The number of hydrogen-bond donors (Lipinski definition) is 3. The summed E-state index contributed by atoms with van der Waals surface area (Å²) in [6, 6.07) is 9.55. The third-order valence-corrected chi connectivity index (χ3v) is 10.7. The van der Waals surface area contributed by atoms with Gasteiger partial charge in [0.15, 0.2) is 0 Å². The number of hydrogen-bond acceptors (Lipinski definition) is 9. The number of phenolic OH excluding ortho intramolecular Hbond substituents is 1. The van der Waals surface area contributed by atoms with Gasteiger partial charge in [0.1, 0.15) is 18.1 Å². The van der Waals surface area contributed by atoms with Gasteiger partial charge in [0, 0.05) is 43.5 Å². The van der Waals surface area contributed by atoms with Crippen LogP contribution in [-0.2, 0) is 16.0 Å². The molecular weight excluding hydrogens is 588 g/mol. The maximum atomic E-state index is 10.7. The van der Waals surface area contributed by atoms with Gasteiger partial charge in [-0.15, -0.1) is 6.58 Å². The molecule has 1 aromatic heterocycles. The summed E-state index contributed by atoms with van der Waals surface area (Å²) < 4.78 is 14.0. The molecule has 0 saturated heterocycles. The van der Waals surface area contributed by atoms with Crippen molar-refractivity contribution in [3.05, 3.63) is 78.2 Å². The number of nitrogens with zero attached hydrogens (tertiary/aromatic N) is 2. The highest BCUT2D eigenvalue weighted by Gasteiger charge is 2.63. The average molecular weight is 637 g/mol. The number of aliphatic hydroxyl groups excluding tert-OH is 2. The van der Waals surface area contributed by atoms with Gasteiger partial charge in [-0.3, -0.25) is 4.98 Å². The highest BCUT2D eigenvalue weighted by Crippen LogP contribution is 2.62. The molecule has 45 heavy (non-hydrogen) atoms. The van der Waals surface area contributed by atoms with Crippen LogP contribution in [-0.4, -0.2) is 69.2 Å². The van der Waals surface area contributed by atoms with Gasteiger partial charge in [-0.1, -0.05) is 30.1 Å². The molecule has 3 aliphatic rings. The van der Waals surface area contributed by atoms with E-state index in [0.717, 1.165) is 73.3 Å². The number of oxime groups is 1. The summed E-state index contributed by atoms with van der Waals surface area (Å²) in [4.78, 5) is 9.91. The summed E-state index contributed by atoms with van der Waals surface area (Å²) in [5.74, 6) is 1.06. The third kappa shape index (κ3) is 7.43. The van der Waals surface area contributed by atoms with Crippen LogP contribution in [0.15, 0.2) is 72.2 Å². The summed E-state index contributed by atoms with van der Waals surface area (Å²) in [7, 11) is 0. The second-order valence-corrected chi connectivity index (χ2v) is 13.5. The second-order valence-electron chi connectivity index (χ2n) is 12.2. The van der Waals surface area contributed by atoms with Crippen LogP contribution in [0.5, 0.6) is 11.5 Å². The summed E-state index contributed by atoms with van der Waals surface area (Å²) in [5, 5.41) is 34.7. The van der Waals surface area contributed by atoms with Crippen LogP contribution in [0.1, 0.15) is 68.9 Å². The van der Waals surface area contributed by atoms with Gasteiger partial charge in [0.25, 0.3) is 0 Å². The number of rotatable bonds is 17. The summed E-state index contributed by atoms with van der Waals surface area (Å²) in [5.41, 5.74) is 4.25. The van der Waals surface area contributed by atoms with Crippen molar-refractivity contribution in [3.8, 4) is 11.5 Å². The predicted molar refractivity (Wildman–Crippen MR) is 179 cm³/mol. The molecule has 6 unspecified atom stereocenters. The average Bonchev–Trinajstić information content (AvgIpc) is 3.05. The van der Waals surface area contributed by atoms with Gasteiger partial charge < -0.3 is 29.6 Å². The van der Waals surface area contributed by atoms with Gasteiger partial charge >= 0.3 is 0 Å². The molecule has 244 valence electrons. The monoisotopic (exact) mass is 636 g/mol. The quantitative estimate of drug-likeness (QED) is 0.104. The van der Waals surface area contributed by atoms with Crippen LogP contribution in [0.2, 0.25) is 0 Å². The molecule has 5 rings (SSSR count). The Hall–Kier alpha value is -2.85. The summed E-state index contributed by atoms with van der Waals surface area (Å²) >= 11 is 1.84. The summed E-state index contributed by atoms with van der Waals surface area (Å²) in [6.07, 6.45) is 14.5. The van der Waals surface area contributed by atoms with Crippen LogP contribution >= 0.6 is 11.8 Å². The minimum atomic E-state index is -0.992. The molecule has 1 saturated carbocycles. The number of phenols is 1. The van der Waals surface area contributed by atoms with Crippen molar-refractivity contribution >= 4 is 17.5 Å². The highest BCUT2D eigenvalue weighted by atomic mass is 32.2. The predicted octanol–water partition coefficient (Wildman–Crippen LogP) is 6.42. The lowest BCUT2D eigenvalue weighted by Gasteiger charge is -2.58. The Morgan fingerprint density at radius 1 is 1.11 bits per heavy atom. The molecule has 1 aliphatic heterocycles. The van der Waals surface area contributed by atoms with Gasteiger partial charge in [-0.05, 0) is 98.1 Å². The van der Waals surface area contributed by atoms with E-state index in [0.29, 0.717) is 19.6 Å². The minimum Gasteiger partial charge on any atom is -0.508 e. The van der Waals surface area contributed by atoms with Gasteiger partial charge in [0.05, 0.1) is 23.5 Å². The number of thioether (sulfide) groups is 1. The molecule has 3 N–H and O–H groups in total. The Balaban J connectivity index is 1.64. The molecule has 9 heteroatoms. The maximum Gasteiger partial charge on any atom is 0.230 e. The maximum absolute atomic E-state index is 10.7. The smallest absolute Gasteiger partial charge is 0.230 e. The molecular formula is C36H48N2O6S. The van der Waals surface area contributed by atoms with E-state index >= 15 is 0 Å². The zero-order valence-electron chi connectivity index (χ0n) is 26.4. The SMILES string of the molecule is C=CCOC12Oc3ccc(O)cc3C3C(CCCCO)C(CCCCO)C=C(C(=NOCC)CC1SCCc1ccncc1)C32. The van der Waals surface area contributed by atoms with E-state index in [1.54, 1.807) is 12.1 Å². The zero-order valence-corrected chi connectivity index (χ0v) is 27.2. The van der Waals surface area contributed by atoms with E-state index in [2.05, 4.69) is 29.8 Å². The number of ether oxygens (including phenoxy) is 2. The Morgan fingerprint density at radius 3 is 2.62 bits per heavy atom. The molecule has 1 aromatic carbocycles. The molecule has 8 nitrogen and oxygen atoms in total. The largest absolute Gasteiger partial charge is 0.508 e. The molecule has 0 bridgehead atoms. The van der Waals surface area contributed by atoms with Crippen molar-refractivity contribution in [2.75, 3.05) is 32.2 Å². The second kappa shape index (κ2) is 16.1. The van der Waals surface area contributed by atoms with Crippen LogP contribution in [0, 0.1) is 17.8 Å². The van der Waals surface area contributed by atoms with Gasteiger partial charge in [-0.2, -0.15) is 11.8 Å². The number of fused-ring (bicyclic) bond motifs is 2. The first kappa shape index (κ1) is 33.5. The fourth-order valence-electron chi connectivity index (χ4n) is 7.50. The standard InChI is InChI=1S/C36H48N2O6S/c1-3-20-42-36-33(45-21-15-25-13-16-37-17-14-25)24-31(38-43-4-2)29-22-26(9-5-7-18-39)28(10-6-8-19-40)34(35(29)36)30-23-27(41)11-12-32(30)44-36/h3,11-14,16-17,22-23,26,28,33-35,39-41H,1,4-10,15,18-21,24H2,2H3. The molecule has 1 fully saturated rings. The van der Waals surface area contributed by atoms with Crippen LogP contribution in [0.25, 0.3) is 0 Å². The zero-order chi connectivity index (χ0) is 31.6. The number of allylic oxidation sites excluding steroid dienone is 1. The topological polar surface area (TPSA) is 114 Å². The number of aromatic nitrogens is 1. The minimum absolute atomic E-state index is 0.0149. The molecule has 2 aromatic rings. The fourth-order valence-corrected chi connectivity index (χ4v) is 8.91. The van der Waals surface area contributed by atoms with E-state index in [4.69, 9.17) is 19.5 Å². The van der Waals surface area contributed by atoms with E-state index in [9.17, 15) is 15.3 Å². The lowest BCUT2D eigenvalue weighted by Crippen LogP contribution is -2.64. The summed E-state index contributed by atoms with van der Waals surface area (Å²) in [6.45, 7) is 7.06. The van der Waals surface area contributed by atoms with E-state index < -0.39 is 5.79 Å². The van der Waals surface area contributed by atoms with Crippen molar-refractivity contribution < 1.29 is 29.6 Å². The Kier molecular flexibility index (Phi) is 12.0. The number of aryl methyl sites for hydroxylation is 1. The lowest BCUT2D eigenvalue weighted by molar-refractivity contribution is -0.223. The van der Waals surface area contributed by atoms with Gasteiger partial charge in [0.2, 0.25) is 5.79 Å². The number of unbranched alkanes of at least 4 members (excludes halogenated alkanes) is 2. The van der Waals surface area contributed by atoms with E-state index in [1.165, 1.54) is 5.56 Å². The van der Waals surface area contributed by atoms with Crippen LogP contribution in [0.3, 0.4) is 0 Å². The first-order chi connectivity index (χ1) is 22.1. The first-order valence-electron chi connectivity index (χ1n) is 16.5. The van der Waals surface area contributed by atoms with Crippen molar-refractivity contribution in [3.63, 3.8) is 0 Å². The molecule has 2 heterocycles. The van der Waals surface area contributed by atoms with Crippen molar-refractivity contribution in [1.29, 1.82) is 0 Å². The fraction of sp³-hybridized carbons (Fsp3) is 0.556. The Morgan fingerprint density at radius 2 is 1.89 bits per heavy atom. The van der Waals surface area contributed by atoms with E-state index in [1.807, 2.05) is 43.2 Å². The third-order valence-electron chi connectivity index (χ3n) is 9.40. The highest BCUT2D eigenvalue weighted by molar-refractivity contribution is 8.00. The van der Waals surface area contributed by atoms with Crippen LogP contribution in [0.4, 0.5) is 0 Å². The van der Waals surface area contributed by atoms with Gasteiger partial charge in [-0.25, -0.2) is 0 Å². The lowest BCUT2D eigenvalue weighted by atomic mass is 9.56. The number of aliphatic hydroxyl groups is 2. The Bertz CT molecular complexity index is 1320. The van der Waals surface area contributed by atoms with Crippen molar-refractivity contribution in [1.82, 2.24) is 4.98 Å². The molecule has 6 atom stereocenters. The number of pyridine rings is 1. The Labute approximate surface area is 271 Å². The molecule has 0 radical (unpaired) electrons. The number of benzene rings is 1. The molecule has 0 amide bonds. The van der Waals surface area contributed by atoms with Crippen molar-refractivity contribution in [2.45, 2.75) is 75.2 Å². The first-order valence-corrected chi connectivity index (χ1v) is 17.5. The van der Waals surface area contributed by atoms with Crippen LogP contribution < -0.4 is 4.74 Å². The molecule has 0 spiro atoms. The number of aromatic hydroxyl groups is 1. The molecule has 2 aliphatic carbocycles. The van der Waals surface area contributed by atoms with Crippen molar-refractivity contribution in [2.24, 2.45) is 22.9 Å². The van der Waals surface area contributed by atoms with E-state index in [-0.39, 0.29) is 47.9 Å².